The summed E-state index contributed by atoms with van der Waals surface area (Å²) in [7, 11) is 0. The fraction of sp³-hybridized carbons (Fsp3) is 0.240. The first-order chi connectivity index (χ1) is 15.0. The van der Waals surface area contributed by atoms with Gasteiger partial charge < -0.3 is 14.6 Å². The molecule has 2 aromatic carbocycles. The Hall–Kier alpha value is -3.67. The molecule has 1 atom stereocenters. The maximum Gasteiger partial charge on any atom is 0.295 e. The Bertz CT molecular complexity index is 1130. The summed E-state index contributed by atoms with van der Waals surface area (Å²) >= 11 is 0. The van der Waals surface area contributed by atoms with Gasteiger partial charge in [-0.1, -0.05) is 48.0 Å². The molecule has 1 N–H and O–H groups in total. The lowest BCUT2D eigenvalue weighted by Crippen LogP contribution is -2.31. The van der Waals surface area contributed by atoms with Gasteiger partial charge in [0.2, 0.25) is 0 Å². The molecule has 1 aliphatic rings. The predicted molar refractivity (Wildman–Crippen MR) is 118 cm³/mol. The molecule has 1 unspecified atom stereocenters. The molecule has 0 spiro atoms. The van der Waals surface area contributed by atoms with Crippen molar-refractivity contribution in [3.05, 3.63) is 95.1 Å². The van der Waals surface area contributed by atoms with Crippen LogP contribution in [0.3, 0.4) is 0 Å². The summed E-state index contributed by atoms with van der Waals surface area (Å²) in [6.45, 7) is 4.89. The maximum atomic E-state index is 13.1. The number of rotatable bonds is 6. The van der Waals surface area contributed by atoms with Gasteiger partial charge in [0.1, 0.15) is 5.76 Å². The third-order valence-corrected chi connectivity index (χ3v) is 5.68. The van der Waals surface area contributed by atoms with Crippen molar-refractivity contribution in [2.45, 2.75) is 32.9 Å². The summed E-state index contributed by atoms with van der Waals surface area (Å²) in [5.41, 5.74) is 3.35. The third-order valence-electron chi connectivity index (χ3n) is 5.68. The molecule has 2 heterocycles. The van der Waals surface area contributed by atoms with Crippen LogP contribution in [0, 0.1) is 13.8 Å². The molecular weight excluding hydrogens is 390 g/mol. The van der Waals surface area contributed by atoms with E-state index in [1.807, 2.05) is 73.1 Å². The van der Waals surface area contributed by atoms with E-state index >= 15 is 0 Å². The lowest BCUT2D eigenvalue weighted by molar-refractivity contribution is -0.139. The number of hydrogen-bond donors (Lipinski definition) is 1. The average Bonchev–Trinajstić information content (AvgIpc) is 3.38. The Morgan fingerprint density at radius 2 is 1.84 bits per heavy atom. The van der Waals surface area contributed by atoms with Crippen molar-refractivity contribution in [1.82, 2.24) is 14.5 Å². The van der Waals surface area contributed by atoms with E-state index in [2.05, 4.69) is 4.98 Å². The van der Waals surface area contributed by atoms with Gasteiger partial charge >= 0.3 is 0 Å². The summed E-state index contributed by atoms with van der Waals surface area (Å²) in [6.07, 6.45) is 5.96. The van der Waals surface area contributed by atoms with Crippen molar-refractivity contribution >= 4 is 17.4 Å². The number of hydrogen-bond acceptors (Lipinski definition) is 4. The number of aliphatic hydroxyl groups excluding tert-OH is 1. The van der Waals surface area contributed by atoms with Crippen LogP contribution in [-0.4, -0.2) is 37.8 Å². The largest absolute Gasteiger partial charge is 0.507 e. The van der Waals surface area contributed by atoms with Crippen molar-refractivity contribution in [2.24, 2.45) is 0 Å². The predicted octanol–water partition coefficient (Wildman–Crippen LogP) is 4.01. The Morgan fingerprint density at radius 3 is 2.55 bits per heavy atom. The van der Waals surface area contributed by atoms with Crippen LogP contribution in [0.5, 0.6) is 0 Å². The summed E-state index contributed by atoms with van der Waals surface area (Å²) in [6, 6.07) is 14.5. The van der Waals surface area contributed by atoms with Gasteiger partial charge in [0.25, 0.3) is 11.7 Å². The van der Waals surface area contributed by atoms with Crippen molar-refractivity contribution in [3.63, 3.8) is 0 Å². The molecule has 6 heteroatoms. The van der Waals surface area contributed by atoms with Crippen LogP contribution in [0.2, 0.25) is 0 Å². The molecule has 0 bridgehead atoms. The van der Waals surface area contributed by atoms with Crippen molar-refractivity contribution in [1.29, 1.82) is 0 Å². The van der Waals surface area contributed by atoms with Gasteiger partial charge in [-0.3, -0.25) is 9.59 Å². The van der Waals surface area contributed by atoms with Crippen LogP contribution in [0.25, 0.3) is 5.76 Å². The number of carbonyl (C=O) groups is 2. The average molecular weight is 415 g/mol. The summed E-state index contributed by atoms with van der Waals surface area (Å²) < 4.78 is 1.93. The molecule has 158 valence electrons. The van der Waals surface area contributed by atoms with Crippen LogP contribution in [0.4, 0.5) is 0 Å². The smallest absolute Gasteiger partial charge is 0.295 e. The zero-order valence-corrected chi connectivity index (χ0v) is 17.7. The molecule has 1 aromatic heterocycles. The number of benzene rings is 2. The van der Waals surface area contributed by atoms with Gasteiger partial charge in [0.05, 0.1) is 17.9 Å². The first-order valence-electron chi connectivity index (χ1n) is 10.3. The van der Waals surface area contributed by atoms with E-state index in [1.165, 1.54) is 0 Å². The van der Waals surface area contributed by atoms with Gasteiger partial charge in [-0.2, -0.15) is 0 Å². The summed E-state index contributed by atoms with van der Waals surface area (Å²) in [5.74, 6) is -1.34. The second-order valence-corrected chi connectivity index (χ2v) is 7.88. The van der Waals surface area contributed by atoms with Gasteiger partial charge in [0, 0.05) is 31.0 Å². The molecule has 0 radical (unpaired) electrons. The van der Waals surface area contributed by atoms with E-state index in [-0.39, 0.29) is 11.3 Å². The molecule has 1 saturated heterocycles. The topological polar surface area (TPSA) is 75.4 Å². The fourth-order valence-corrected chi connectivity index (χ4v) is 4.07. The van der Waals surface area contributed by atoms with E-state index in [9.17, 15) is 14.7 Å². The lowest BCUT2D eigenvalue weighted by Gasteiger charge is -2.25. The molecular formula is C25H25N3O3. The minimum absolute atomic E-state index is 0.120. The van der Waals surface area contributed by atoms with E-state index in [0.29, 0.717) is 25.1 Å². The SMILES string of the molecule is Cc1ccc(C)c(/C(O)=C2\C(=O)C(=O)N(CCCn3ccnc3)C2c2ccccc2)c1. The number of ketones is 1. The highest BCUT2D eigenvalue weighted by atomic mass is 16.3. The molecule has 1 amide bonds. The minimum Gasteiger partial charge on any atom is -0.507 e. The zero-order valence-electron chi connectivity index (χ0n) is 17.7. The van der Waals surface area contributed by atoms with E-state index in [0.717, 1.165) is 16.7 Å². The Kier molecular flexibility index (Phi) is 5.71. The van der Waals surface area contributed by atoms with Gasteiger partial charge in [-0.25, -0.2) is 4.98 Å². The fourth-order valence-electron chi connectivity index (χ4n) is 4.07. The summed E-state index contributed by atoms with van der Waals surface area (Å²) in [5, 5.41) is 11.2. The number of amides is 1. The van der Waals surface area contributed by atoms with E-state index in [1.54, 1.807) is 17.4 Å². The number of Topliss-reactive ketones (excluding diaryl/α,β-unsaturated/α-hetero) is 1. The highest BCUT2D eigenvalue weighted by molar-refractivity contribution is 6.46. The van der Waals surface area contributed by atoms with Crippen LogP contribution in [0.1, 0.15) is 34.7 Å². The van der Waals surface area contributed by atoms with Crippen LogP contribution in [-0.2, 0) is 16.1 Å². The summed E-state index contributed by atoms with van der Waals surface area (Å²) in [4.78, 5) is 31.7. The second-order valence-electron chi connectivity index (χ2n) is 7.88. The highest BCUT2D eigenvalue weighted by Gasteiger charge is 2.45. The molecule has 1 aliphatic heterocycles. The molecule has 0 aliphatic carbocycles. The quantitative estimate of drug-likeness (QED) is 0.375. The minimum atomic E-state index is -0.644. The zero-order chi connectivity index (χ0) is 22.0. The maximum absolute atomic E-state index is 13.1. The molecule has 6 nitrogen and oxygen atoms in total. The number of aryl methyl sites for hydroxylation is 3. The highest BCUT2D eigenvalue weighted by Crippen LogP contribution is 2.39. The Balaban J connectivity index is 1.75. The number of imidazole rings is 1. The van der Waals surface area contributed by atoms with Gasteiger partial charge in [-0.05, 0) is 37.5 Å². The van der Waals surface area contributed by atoms with Crippen LogP contribution in [0.15, 0.2) is 72.8 Å². The van der Waals surface area contributed by atoms with E-state index < -0.39 is 17.7 Å². The molecule has 4 rings (SSSR count). The van der Waals surface area contributed by atoms with Crippen molar-refractivity contribution in [3.8, 4) is 0 Å². The van der Waals surface area contributed by atoms with Gasteiger partial charge in [0.15, 0.2) is 0 Å². The first kappa shape index (κ1) is 20.6. The number of aliphatic hydroxyl groups is 1. The number of aromatic nitrogens is 2. The molecule has 3 aromatic rings. The molecule has 1 fully saturated rings. The van der Waals surface area contributed by atoms with Gasteiger partial charge in [-0.15, -0.1) is 0 Å². The standard InChI is InChI=1S/C25H25N3O3/c1-17-9-10-18(2)20(15-17)23(29)21-22(19-7-4-3-5-8-19)28(25(31)24(21)30)13-6-12-27-14-11-26-16-27/h3-5,7-11,14-16,22,29H,6,12-13H2,1-2H3/b23-21+. The lowest BCUT2D eigenvalue weighted by atomic mass is 9.93. The first-order valence-corrected chi connectivity index (χ1v) is 10.3. The monoisotopic (exact) mass is 415 g/mol. The van der Waals surface area contributed by atoms with Crippen LogP contribution < -0.4 is 0 Å². The molecule has 31 heavy (non-hydrogen) atoms. The van der Waals surface area contributed by atoms with Crippen molar-refractivity contribution < 1.29 is 14.7 Å². The Morgan fingerprint density at radius 1 is 1.06 bits per heavy atom. The van der Waals surface area contributed by atoms with Crippen molar-refractivity contribution in [2.75, 3.05) is 6.54 Å². The third kappa shape index (κ3) is 4.01. The molecule has 0 saturated carbocycles. The van der Waals surface area contributed by atoms with E-state index in [4.69, 9.17) is 0 Å². The number of likely N-dealkylation sites (tertiary alicyclic amines) is 1. The Labute approximate surface area is 181 Å². The normalized spacial score (nSPS) is 18.0. The van der Waals surface area contributed by atoms with Crippen LogP contribution >= 0.6 is 0 Å². The number of carbonyl (C=O) groups excluding carboxylic acids is 2. The number of nitrogens with zero attached hydrogens (tertiary/aromatic N) is 3. The second kappa shape index (κ2) is 8.60.